The van der Waals surface area contributed by atoms with Crippen LogP contribution in [-0.2, 0) is 15.0 Å². The lowest BCUT2D eigenvalue weighted by atomic mass is 9.78. The minimum absolute atomic E-state index is 0.00338. The van der Waals surface area contributed by atoms with Gasteiger partial charge in [-0.25, -0.2) is 0 Å². The van der Waals surface area contributed by atoms with Gasteiger partial charge in [0, 0.05) is 28.2 Å². The summed E-state index contributed by atoms with van der Waals surface area (Å²) >= 11 is 1.28. The van der Waals surface area contributed by atoms with Gasteiger partial charge < -0.3 is 21.0 Å². The number of nitrogens with one attached hydrogen (secondary N) is 1. The number of primary amides is 1. The van der Waals surface area contributed by atoms with Crippen LogP contribution in [0.3, 0.4) is 0 Å². The number of carbonyl (C=O) groups is 3. The second-order valence-corrected chi connectivity index (χ2v) is 10.5. The van der Waals surface area contributed by atoms with E-state index in [0.717, 1.165) is 23.3 Å². The molecule has 2 aromatic rings. The van der Waals surface area contributed by atoms with Crippen molar-refractivity contribution < 1.29 is 19.5 Å². The number of anilines is 1. The van der Waals surface area contributed by atoms with E-state index in [0.29, 0.717) is 23.4 Å². The smallest absolute Gasteiger partial charge is 0.252 e. The standard InChI is InChI=1S/C24H30N2O4S/c1-13-18(14-9-11-15(12-10-14)24(2,3)4)19(20(25)27)22(31-13)26-21(28)16-7-5-6-8-17(16)23(29)30/h9-12,16-17H,5-8H2,1-4H3,(H2,25,27)(H,26,28)(H,29,30)/p-1/t16-,17-/m0/s1. The molecular weight excluding hydrogens is 412 g/mol. The third-order valence-corrected chi connectivity index (χ3v) is 7.03. The van der Waals surface area contributed by atoms with Crippen molar-refractivity contribution in [1.82, 2.24) is 0 Å². The van der Waals surface area contributed by atoms with Crippen LogP contribution < -0.4 is 16.2 Å². The van der Waals surface area contributed by atoms with Gasteiger partial charge in [-0.3, -0.25) is 9.59 Å². The van der Waals surface area contributed by atoms with Crippen molar-refractivity contribution in [2.24, 2.45) is 17.6 Å². The molecule has 0 aliphatic heterocycles. The first-order valence-electron chi connectivity index (χ1n) is 10.6. The maximum absolute atomic E-state index is 12.9. The van der Waals surface area contributed by atoms with Crippen molar-refractivity contribution in [1.29, 1.82) is 0 Å². The number of hydrogen-bond acceptors (Lipinski definition) is 5. The lowest BCUT2D eigenvalue weighted by Crippen LogP contribution is -2.42. The molecule has 0 radical (unpaired) electrons. The molecule has 1 aromatic carbocycles. The Morgan fingerprint density at radius 1 is 1.06 bits per heavy atom. The van der Waals surface area contributed by atoms with E-state index < -0.39 is 29.6 Å². The molecule has 1 aromatic heterocycles. The molecule has 3 N–H and O–H groups in total. The Labute approximate surface area is 186 Å². The SMILES string of the molecule is Cc1sc(NC(=O)[C@H]2CCCC[C@@H]2C(=O)[O-])c(C(N)=O)c1-c1ccc(C(C)(C)C)cc1. The summed E-state index contributed by atoms with van der Waals surface area (Å²) in [6, 6.07) is 7.98. The van der Waals surface area contributed by atoms with Crippen molar-refractivity contribution in [3.63, 3.8) is 0 Å². The summed E-state index contributed by atoms with van der Waals surface area (Å²) in [5.74, 6) is -3.70. The van der Waals surface area contributed by atoms with Crippen LogP contribution in [0.2, 0.25) is 0 Å². The van der Waals surface area contributed by atoms with E-state index in [1.54, 1.807) is 0 Å². The van der Waals surface area contributed by atoms with E-state index in [-0.39, 0.29) is 11.0 Å². The van der Waals surface area contributed by atoms with Gasteiger partial charge in [0.1, 0.15) is 5.00 Å². The molecule has 3 rings (SSSR count). The monoisotopic (exact) mass is 441 g/mol. The molecule has 166 valence electrons. The maximum atomic E-state index is 12.9. The molecule has 2 amide bonds. The van der Waals surface area contributed by atoms with Gasteiger partial charge in [0.2, 0.25) is 5.91 Å². The maximum Gasteiger partial charge on any atom is 0.252 e. The second-order valence-electron chi connectivity index (χ2n) is 9.23. The van der Waals surface area contributed by atoms with Crippen molar-refractivity contribution in [3.05, 3.63) is 40.3 Å². The predicted octanol–water partition coefficient (Wildman–Crippen LogP) is 3.61. The highest BCUT2D eigenvalue weighted by Crippen LogP contribution is 2.41. The first kappa shape index (κ1) is 23.0. The van der Waals surface area contributed by atoms with Gasteiger partial charge in [-0.2, -0.15) is 0 Å². The normalized spacial score (nSPS) is 19.1. The van der Waals surface area contributed by atoms with E-state index in [4.69, 9.17) is 5.73 Å². The average Bonchev–Trinajstić information content (AvgIpc) is 3.03. The van der Waals surface area contributed by atoms with Gasteiger partial charge in [-0.1, -0.05) is 57.9 Å². The Morgan fingerprint density at radius 2 is 1.65 bits per heavy atom. The summed E-state index contributed by atoms with van der Waals surface area (Å²) in [7, 11) is 0. The molecule has 1 aliphatic rings. The predicted molar refractivity (Wildman–Crippen MR) is 121 cm³/mol. The Balaban J connectivity index is 1.95. The number of carboxylic acid groups (broad SMARTS) is 1. The van der Waals surface area contributed by atoms with Gasteiger partial charge in [-0.15, -0.1) is 11.3 Å². The highest BCUT2D eigenvalue weighted by Gasteiger charge is 2.33. The van der Waals surface area contributed by atoms with E-state index >= 15 is 0 Å². The highest BCUT2D eigenvalue weighted by atomic mass is 32.1. The minimum atomic E-state index is -1.20. The van der Waals surface area contributed by atoms with Crippen LogP contribution in [0.25, 0.3) is 11.1 Å². The molecule has 0 bridgehead atoms. The zero-order valence-electron chi connectivity index (χ0n) is 18.4. The number of benzene rings is 1. The fourth-order valence-electron chi connectivity index (χ4n) is 4.28. The zero-order chi connectivity index (χ0) is 22.9. The Morgan fingerprint density at radius 3 is 2.16 bits per heavy atom. The summed E-state index contributed by atoms with van der Waals surface area (Å²) in [6.45, 7) is 8.27. The molecule has 6 nitrogen and oxygen atoms in total. The first-order valence-corrected chi connectivity index (χ1v) is 11.4. The lowest BCUT2D eigenvalue weighted by molar-refractivity contribution is -0.313. The number of aliphatic carboxylic acids is 1. The molecule has 0 unspecified atom stereocenters. The third-order valence-electron chi connectivity index (χ3n) is 6.01. The van der Waals surface area contributed by atoms with E-state index in [9.17, 15) is 19.5 Å². The number of aryl methyl sites for hydroxylation is 1. The second kappa shape index (κ2) is 8.83. The summed E-state index contributed by atoms with van der Waals surface area (Å²) < 4.78 is 0. The van der Waals surface area contributed by atoms with E-state index in [1.807, 2.05) is 31.2 Å². The van der Waals surface area contributed by atoms with Crippen LogP contribution in [0, 0.1) is 18.8 Å². The highest BCUT2D eigenvalue weighted by molar-refractivity contribution is 7.17. The van der Waals surface area contributed by atoms with Crippen molar-refractivity contribution in [2.75, 3.05) is 5.32 Å². The molecule has 1 saturated carbocycles. The molecule has 0 spiro atoms. The van der Waals surface area contributed by atoms with E-state index in [1.165, 1.54) is 16.9 Å². The largest absolute Gasteiger partial charge is 0.550 e. The lowest BCUT2D eigenvalue weighted by Gasteiger charge is -2.31. The zero-order valence-corrected chi connectivity index (χ0v) is 19.2. The van der Waals surface area contributed by atoms with Crippen LogP contribution in [0.5, 0.6) is 0 Å². The summed E-state index contributed by atoms with van der Waals surface area (Å²) in [5.41, 5.74) is 8.70. The number of amides is 2. The van der Waals surface area contributed by atoms with Gasteiger partial charge in [0.05, 0.1) is 5.56 Å². The van der Waals surface area contributed by atoms with Crippen LogP contribution in [0.4, 0.5) is 5.00 Å². The van der Waals surface area contributed by atoms with Crippen molar-refractivity contribution >= 4 is 34.1 Å². The van der Waals surface area contributed by atoms with Crippen molar-refractivity contribution in [2.45, 2.75) is 58.8 Å². The number of carbonyl (C=O) groups excluding carboxylic acids is 3. The number of thiophene rings is 1. The minimum Gasteiger partial charge on any atom is -0.550 e. The Kier molecular flexibility index (Phi) is 6.55. The van der Waals surface area contributed by atoms with Crippen LogP contribution >= 0.6 is 11.3 Å². The Hall–Kier alpha value is -2.67. The van der Waals surface area contributed by atoms with Gasteiger partial charge >= 0.3 is 0 Å². The number of rotatable bonds is 5. The summed E-state index contributed by atoms with van der Waals surface area (Å²) in [6.07, 6.45) is 2.47. The van der Waals surface area contributed by atoms with Crippen LogP contribution in [0.15, 0.2) is 24.3 Å². The van der Waals surface area contributed by atoms with Crippen molar-refractivity contribution in [3.8, 4) is 11.1 Å². The molecule has 1 fully saturated rings. The number of nitrogens with two attached hydrogens (primary N) is 1. The van der Waals surface area contributed by atoms with Crippen LogP contribution in [0.1, 0.15) is 67.3 Å². The summed E-state index contributed by atoms with van der Waals surface area (Å²) in [5, 5.41) is 14.6. The average molecular weight is 442 g/mol. The number of hydrogen-bond donors (Lipinski definition) is 2. The molecule has 7 heteroatoms. The molecule has 1 aliphatic carbocycles. The van der Waals surface area contributed by atoms with Gasteiger partial charge in [-0.05, 0) is 36.3 Å². The van der Waals surface area contributed by atoms with Gasteiger partial charge in [0.25, 0.3) is 5.91 Å². The molecular formula is C24H29N2O4S-. The summed E-state index contributed by atoms with van der Waals surface area (Å²) in [4.78, 5) is 37.6. The molecule has 0 saturated heterocycles. The van der Waals surface area contributed by atoms with Gasteiger partial charge in [0.15, 0.2) is 0 Å². The molecule has 31 heavy (non-hydrogen) atoms. The quantitative estimate of drug-likeness (QED) is 0.738. The fraction of sp³-hybridized carbons (Fsp3) is 0.458. The fourth-order valence-corrected chi connectivity index (χ4v) is 5.37. The molecule has 2 atom stereocenters. The number of carboxylic acids is 1. The van der Waals surface area contributed by atoms with Crippen LogP contribution in [-0.4, -0.2) is 17.8 Å². The Bertz CT molecular complexity index is 1000. The third kappa shape index (κ3) is 4.82. The topological polar surface area (TPSA) is 112 Å². The van der Waals surface area contributed by atoms with E-state index in [2.05, 4.69) is 26.1 Å². The first-order chi connectivity index (χ1) is 14.5. The molecule has 1 heterocycles.